The molecule has 2 aromatic rings. The number of ether oxygens (including phenoxy) is 3. The van der Waals surface area contributed by atoms with Crippen molar-refractivity contribution in [3.8, 4) is 11.5 Å². The van der Waals surface area contributed by atoms with Crippen LogP contribution in [0.4, 0.5) is 18.9 Å². The Kier molecular flexibility index (Phi) is 13.4. The number of benzene rings is 2. The summed E-state index contributed by atoms with van der Waals surface area (Å²) in [6.45, 7) is 0. The van der Waals surface area contributed by atoms with Gasteiger partial charge in [0, 0.05) is 30.3 Å². The van der Waals surface area contributed by atoms with E-state index in [4.69, 9.17) is 9.47 Å². The highest BCUT2D eigenvalue weighted by Crippen LogP contribution is 2.43. The van der Waals surface area contributed by atoms with Crippen LogP contribution in [0, 0.1) is 23.7 Å². The Morgan fingerprint density at radius 3 is 1.94 bits per heavy atom. The lowest BCUT2D eigenvalue weighted by atomic mass is 9.68. The first-order valence-electron chi connectivity index (χ1n) is 16.4. The van der Waals surface area contributed by atoms with Crippen LogP contribution in [0.25, 0.3) is 6.08 Å². The number of carbonyl (C=O) groups excluding carboxylic acids is 4. The highest BCUT2D eigenvalue weighted by molar-refractivity contribution is 6.02. The fourth-order valence-electron chi connectivity index (χ4n) is 6.53. The van der Waals surface area contributed by atoms with E-state index in [0.29, 0.717) is 41.2 Å². The maximum Gasteiger partial charge on any atom is 0.389 e. The summed E-state index contributed by atoms with van der Waals surface area (Å²) < 4.78 is 52.7. The number of nitrogens with one attached hydrogen (secondary N) is 1. The van der Waals surface area contributed by atoms with Crippen LogP contribution in [0.1, 0.15) is 76.2 Å². The van der Waals surface area contributed by atoms with Crippen molar-refractivity contribution in [2.45, 2.75) is 76.8 Å². The summed E-state index contributed by atoms with van der Waals surface area (Å²) in [5.41, 5.74) is 1.15. The van der Waals surface area contributed by atoms with E-state index in [1.165, 1.54) is 25.3 Å². The van der Waals surface area contributed by atoms with Crippen LogP contribution in [0.2, 0.25) is 0 Å². The molecule has 2 aliphatic carbocycles. The molecule has 0 saturated heterocycles. The Bertz CT molecular complexity index is 1430. The van der Waals surface area contributed by atoms with Crippen LogP contribution < -0.4 is 14.8 Å². The number of carbonyl (C=O) groups is 4. The van der Waals surface area contributed by atoms with E-state index in [1.54, 1.807) is 42.5 Å². The molecule has 2 aromatic carbocycles. The third kappa shape index (κ3) is 12.3. The molecular weight excluding hydrogens is 627 g/mol. The van der Waals surface area contributed by atoms with Gasteiger partial charge in [-0.2, -0.15) is 13.2 Å². The number of hydrogen-bond donors (Lipinski definition) is 1. The van der Waals surface area contributed by atoms with Crippen molar-refractivity contribution < 1.29 is 46.6 Å². The molecule has 2 fully saturated rings. The van der Waals surface area contributed by atoms with Crippen molar-refractivity contribution in [1.29, 1.82) is 0 Å². The van der Waals surface area contributed by atoms with Gasteiger partial charge in [0.1, 0.15) is 11.5 Å². The van der Waals surface area contributed by atoms with E-state index in [2.05, 4.69) is 10.1 Å². The first-order valence-corrected chi connectivity index (χ1v) is 16.4. The highest BCUT2D eigenvalue weighted by atomic mass is 19.4. The molecule has 11 heteroatoms. The van der Waals surface area contributed by atoms with Crippen LogP contribution in [-0.4, -0.2) is 37.1 Å². The Morgan fingerprint density at radius 1 is 0.750 bits per heavy atom. The second kappa shape index (κ2) is 17.7. The van der Waals surface area contributed by atoms with Crippen LogP contribution in [-0.2, 0) is 23.9 Å². The van der Waals surface area contributed by atoms with Gasteiger partial charge in [-0.25, -0.2) is 9.59 Å². The van der Waals surface area contributed by atoms with Crippen LogP contribution in [0.3, 0.4) is 0 Å². The van der Waals surface area contributed by atoms with Gasteiger partial charge in [-0.1, -0.05) is 31.4 Å². The van der Waals surface area contributed by atoms with Gasteiger partial charge < -0.3 is 19.5 Å². The minimum absolute atomic E-state index is 0.150. The number of amides is 1. The zero-order valence-electron chi connectivity index (χ0n) is 27.0. The van der Waals surface area contributed by atoms with Crippen LogP contribution in [0.15, 0.2) is 66.8 Å². The summed E-state index contributed by atoms with van der Waals surface area (Å²) in [7, 11) is 1.21. The maximum atomic E-state index is 12.9. The van der Waals surface area contributed by atoms with E-state index < -0.39 is 30.4 Å². The van der Waals surface area contributed by atoms with Gasteiger partial charge in [0.05, 0.1) is 13.0 Å². The number of hydrogen-bond acceptors (Lipinski definition) is 7. The molecule has 1 N–H and O–H groups in total. The normalized spacial score (nSPS) is 21.5. The second-order valence-corrected chi connectivity index (χ2v) is 12.5. The average Bonchev–Trinajstić information content (AvgIpc) is 3.07. The molecule has 4 rings (SSSR count). The van der Waals surface area contributed by atoms with Crippen molar-refractivity contribution in [1.82, 2.24) is 0 Å². The molecule has 48 heavy (non-hydrogen) atoms. The number of anilines is 1. The monoisotopic (exact) mass is 669 g/mol. The summed E-state index contributed by atoms with van der Waals surface area (Å²) in [5, 5.41) is 2.56. The molecule has 0 bridgehead atoms. The Morgan fingerprint density at radius 2 is 1.33 bits per heavy atom. The number of alkyl halides is 3. The van der Waals surface area contributed by atoms with Gasteiger partial charge >= 0.3 is 24.1 Å². The molecule has 0 unspecified atom stereocenters. The van der Waals surface area contributed by atoms with E-state index >= 15 is 0 Å². The van der Waals surface area contributed by atoms with Gasteiger partial charge in [0.25, 0.3) is 0 Å². The fraction of sp³-hybridized carbons (Fsp3) is 0.459. The van der Waals surface area contributed by atoms with Gasteiger partial charge in [-0.15, -0.1) is 0 Å². The summed E-state index contributed by atoms with van der Waals surface area (Å²) in [6, 6.07) is 12.9. The average molecular weight is 670 g/mol. The van der Waals surface area contributed by atoms with Gasteiger partial charge in [0.15, 0.2) is 0 Å². The molecule has 0 radical (unpaired) electrons. The maximum absolute atomic E-state index is 12.9. The Balaban J connectivity index is 1.14. The van der Waals surface area contributed by atoms with E-state index in [-0.39, 0.29) is 24.1 Å². The van der Waals surface area contributed by atoms with Crippen LogP contribution >= 0.6 is 0 Å². The number of halogens is 3. The third-order valence-electron chi connectivity index (χ3n) is 9.16. The minimum atomic E-state index is -4.06. The van der Waals surface area contributed by atoms with Crippen LogP contribution in [0.5, 0.6) is 11.5 Å². The molecular formula is C37H42F3NO7. The standard InChI is InChI=1S/C37H42F3NO7/c1-46-34(43)23-21-33(42)41-30-15-19-31(20-16-30)47-35(44)22-8-26-6-17-32(18-7-26)48-36(45)29-13-11-28(12-14-29)27-9-4-25(5-10-27)3-2-24-37(38,39)40/h6-8,15-23,25,27-29H,2-5,9-14,24H2,1H3,(H,41,42)/b22-8+,23-21-. The van der Waals surface area contributed by atoms with Crippen molar-refractivity contribution >= 4 is 35.6 Å². The molecule has 0 spiro atoms. The van der Waals surface area contributed by atoms with Gasteiger partial charge in [-0.05, 0) is 111 Å². The Hall–Kier alpha value is -4.41. The lowest BCUT2D eigenvalue weighted by Gasteiger charge is -2.37. The van der Waals surface area contributed by atoms with Gasteiger partial charge in [0.2, 0.25) is 5.91 Å². The van der Waals surface area contributed by atoms with E-state index in [0.717, 1.165) is 63.5 Å². The number of rotatable bonds is 12. The molecule has 8 nitrogen and oxygen atoms in total. The molecule has 2 aliphatic rings. The quantitative estimate of drug-likeness (QED) is 0.138. The SMILES string of the molecule is COC(=O)/C=C\C(=O)Nc1ccc(OC(=O)/C=C/c2ccc(OC(=O)C3CCC(C4CCC(CCCC(F)(F)F)CC4)CC3)cc2)cc1. The summed E-state index contributed by atoms with van der Waals surface area (Å²) >= 11 is 0. The van der Waals surface area contributed by atoms with Crippen molar-refractivity contribution in [3.63, 3.8) is 0 Å². The third-order valence-corrected chi connectivity index (χ3v) is 9.16. The summed E-state index contributed by atoms with van der Waals surface area (Å²) in [5.74, 6) is 0.113. The van der Waals surface area contributed by atoms with E-state index in [9.17, 15) is 32.3 Å². The Labute approximate surface area is 278 Å². The number of esters is 3. The highest BCUT2D eigenvalue weighted by Gasteiger charge is 2.34. The predicted molar refractivity (Wildman–Crippen MR) is 174 cm³/mol. The smallest absolute Gasteiger partial charge is 0.389 e. The lowest BCUT2D eigenvalue weighted by molar-refractivity contribution is -0.140. The van der Waals surface area contributed by atoms with Crippen molar-refractivity contribution in [2.24, 2.45) is 23.7 Å². The molecule has 2 saturated carbocycles. The second-order valence-electron chi connectivity index (χ2n) is 12.5. The molecule has 1 amide bonds. The minimum Gasteiger partial charge on any atom is -0.466 e. The zero-order chi connectivity index (χ0) is 34.5. The first-order chi connectivity index (χ1) is 23.0. The lowest BCUT2D eigenvalue weighted by Crippen LogP contribution is -2.30. The largest absolute Gasteiger partial charge is 0.466 e. The van der Waals surface area contributed by atoms with Gasteiger partial charge in [-0.3, -0.25) is 9.59 Å². The molecule has 258 valence electrons. The topological polar surface area (TPSA) is 108 Å². The fourth-order valence-corrected chi connectivity index (χ4v) is 6.53. The zero-order valence-corrected chi connectivity index (χ0v) is 27.0. The number of methoxy groups -OCH3 is 1. The summed E-state index contributed by atoms with van der Waals surface area (Å²) in [6.07, 6.45) is 8.70. The predicted octanol–water partition coefficient (Wildman–Crippen LogP) is 8.22. The molecule has 0 heterocycles. The van der Waals surface area contributed by atoms with Crippen molar-refractivity contribution in [3.05, 3.63) is 72.3 Å². The molecule has 0 aromatic heterocycles. The van der Waals surface area contributed by atoms with Crippen molar-refractivity contribution in [2.75, 3.05) is 12.4 Å². The molecule has 0 atom stereocenters. The van der Waals surface area contributed by atoms with E-state index in [1.807, 2.05) is 0 Å². The molecule has 0 aliphatic heterocycles. The summed E-state index contributed by atoms with van der Waals surface area (Å²) in [4.78, 5) is 48.0. The first kappa shape index (κ1) is 36.4.